The molecule has 0 aliphatic rings. The van der Waals surface area contributed by atoms with E-state index >= 15 is 0 Å². The Labute approximate surface area is 111 Å². The molecule has 3 N–H and O–H groups in total. The maximum absolute atomic E-state index is 9.02. The van der Waals surface area contributed by atoms with Crippen molar-refractivity contribution in [2.75, 3.05) is 19.6 Å². The molecular weight excluding hydrogens is 224 g/mol. The van der Waals surface area contributed by atoms with Crippen molar-refractivity contribution < 1.29 is 5.11 Å². The lowest BCUT2D eigenvalue weighted by Gasteiger charge is -2.24. The molecule has 0 radical (unpaired) electrons. The predicted octanol–water partition coefficient (Wildman–Crippen LogP) is 1.99. The summed E-state index contributed by atoms with van der Waals surface area (Å²) < 4.78 is 0. The minimum atomic E-state index is 0.114. The van der Waals surface area contributed by atoms with Crippen molar-refractivity contribution >= 4 is 0 Å². The van der Waals surface area contributed by atoms with Crippen LogP contribution in [0.4, 0.5) is 0 Å². The number of hydrogen-bond acceptors (Lipinski definition) is 3. The Morgan fingerprint density at radius 2 is 1.78 bits per heavy atom. The van der Waals surface area contributed by atoms with Crippen molar-refractivity contribution in [1.29, 1.82) is 0 Å². The molecule has 3 nitrogen and oxygen atoms in total. The molecule has 1 aromatic carbocycles. The highest BCUT2D eigenvalue weighted by Crippen LogP contribution is 2.10. The predicted molar refractivity (Wildman–Crippen MR) is 76.2 cm³/mol. The van der Waals surface area contributed by atoms with Crippen LogP contribution in [0.1, 0.15) is 31.4 Å². The highest BCUT2D eigenvalue weighted by atomic mass is 16.3. The van der Waals surface area contributed by atoms with Gasteiger partial charge in [-0.05, 0) is 36.6 Å². The van der Waals surface area contributed by atoms with Gasteiger partial charge in [0.05, 0.1) is 6.61 Å². The van der Waals surface area contributed by atoms with E-state index in [1.807, 2.05) is 12.1 Å². The summed E-state index contributed by atoms with van der Waals surface area (Å²) in [6, 6.07) is 8.18. The Balaban J connectivity index is 2.56. The summed E-state index contributed by atoms with van der Waals surface area (Å²) in [4.78, 5) is 2.45. The maximum Gasteiger partial charge on any atom is 0.0681 e. The van der Waals surface area contributed by atoms with Crippen LogP contribution >= 0.6 is 0 Å². The van der Waals surface area contributed by atoms with Crippen LogP contribution in [0.25, 0.3) is 0 Å². The first kappa shape index (κ1) is 15.2. The Bertz CT molecular complexity index is 322. The molecule has 0 aliphatic heterocycles. The second kappa shape index (κ2) is 8.25. The molecule has 102 valence electrons. The van der Waals surface area contributed by atoms with Crippen molar-refractivity contribution in [1.82, 2.24) is 4.90 Å². The normalized spacial score (nSPS) is 11.4. The molecule has 1 aromatic rings. The van der Waals surface area contributed by atoms with Crippen LogP contribution in [0.5, 0.6) is 0 Å². The number of nitrogens with zero attached hydrogens (tertiary/aromatic N) is 1. The van der Waals surface area contributed by atoms with E-state index in [1.165, 1.54) is 5.56 Å². The van der Waals surface area contributed by atoms with E-state index < -0.39 is 0 Å². The van der Waals surface area contributed by atoms with E-state index in [0.717, 1.165) is 38.2 Å². The van der Waals surface area contributed by atoms with E-state index in [-0.39, 0.29) is 6.61 Å². The number of nitrogens with two attached hydrogens (primary N) is 1. The molecule has 0 aromatic heterocycles. The van der Waals surface area contributed by atoms with Gasteiger partial charge in [0.15, 0.2) is 0 Å². The summed E-state index contributed by atoms with van der Waals surface area (Å²) in [7, 11) is 0. The summed E-state index contributed by atoms with van der Waals surface area (Å²) in [5.41, 5.74) is 7.85. The molecule has 3 heteroatoms. The minimum Gasteiger partial charge on any atom is -0.392 e. The Morgan fingerprint density at radius 3 is 2.28 bits per heavy atom. The molecule has 0 saturated heterocycles. The summed E-state index contributed by atoms with van der Waals surface area (Å²) in [6.07, 6.45) is 1.04. The van der Waals surface area contributed by atoms with Crippen molar-refractivity contribution in [3.8, 4) is 0 Å². The van der Waals surface area contributed by atoms with Gasteiger partial charge in [0.1, 0.15) is 0 Å². The molecule has 1 rings (SSSR count). The smallest absolute Gasteiger partial charge is 0.0681 e. The van der Waals surface area contributed by atoms with Crippen molar-refractivity contribution in [3.63, 3.8) is 0 Å². The lowest BCUT2D eigenvalue weighted by atomic mass is 10.1. The Hall–Kier alpha value is -0.900. The van der Waals surface area contributed by atoms with Crippen LogP contribution in [0.15, 0.2) is 24.3 Å². The van der Waals surface area contributed by atoms with E-state index in [1.54, 1.807) is 0 Å². The second-order valence-corrected chi connectivity index (χ2v) is 5.25. The molecule has 0 saturated carbocycles. The lowest BCUT2D eigenvalue weighted by Crippen LogP contribution is -2.29. The molecular formula is C15H26N2O. The topological polar surface area (TPSA) is 49.5 Å². The quantitative estimate of drug-likeness (QED) is 0.742. The monoisotopic (exact) mass is 250 g/mol. The highest BCUT2D eigenvalue weighted by Gasteiger charge is 2.07. The number of aliphatic hydroxyl groups excluding tert-OH is 1. The van der Waals surface area contributed by atoms with Crippen LogP contribution in [0, 0.1) is 5.92 Å². The average molecular weight is 250 g/mol. The van der Waals surface area contributed by atoms with Gasteiger partial charge in [-0.1, -0.05) is 38.1 Å². The molecule has 0 bridgehead atoms. The summed E-state index contributed by atoms with van der Waals surface area (Å²) >= 11 is 0. The van der Waals surface area contributed by atoms with Crippen LogP contribution in [0.2, 0.25) is 0 Å². The average Bonchev–Trinajstić information content (AvgIpc) is 2.36. The molecule has 0 fully saturated rings. The van der Waals surface area contributed by atoms with E-state index in [2.05, 4.69) is 30.9 Å². The van der Waals surface area contributed by atoms with Gasteiger partial charge in [0, 0.05) is 13.1 Å². The first-order chi connectivity index (χ1) is 8.65. The molecule has 0 atom stereocenters. The largest absolute Gasteiger partial charge is 0.392 e. The minimum absolute atomic E-state index is 0.114. The number of aliphatic hydroxyl groups is 1. The fourth-order valence-electron chi connectivity index (χ4n) is 2.07. The van der Waals surface area contributed by atoms with Gasteiger partial charge in [0.2, 0.25) is 0 Å². The van der Waals surface area contributed by atoms with Crippen LogP contribution in [-0.4, -0.2) is 29.6 Å². The third kappa shape index (κ3) is 5.63. The number of rotatable bonds is 8. The molecule has 0 heterocycles. The Morgan fingerprint density at radius 1 is 1.17 bits per heavy atom. The number of hydrogen-bond donors (Lipinski definition) is 2. The van der Waals surface area contributed by atoms with Crippen LogP contribution < -0.4 is 5.73 Å². The zero-order valence-corrected chi connectivity index (χ0v) is 11.6. The van der Waals surface area contributed by atoms with Crippen molar-refractivity contribution in [3.05, 3.63) is 35.4 Å². The molecule has 0 unspecified atom stereocenters. The first-order valence-corrected chi connectivity index (χ1v) is 6.76. The fourth-order valence-corrected chi connectivity index (χ4v) is 2.07. The van der Waals surface area contributed by atoms with Gasteiger partial charge in [0.25, 0.3) is 0 Å². The molecule has 0 amide bonds. The molecule has 0 spiro atoms. The van der Waals surface area contributed by atoms with E-state index in [4.69, 9.17) is 10.8 Å². The lowest BCUT2D eigenvalue weighted by molar-refractivity contribution is 0.234. The Kier molecular flexibility index (Phi) is 6.94. The highest BCUT2D eigenvalue weighted by molar-refractivity contribution is 5.21. The van der Waals surface area contributed by atoms with E-state index in [0.29, 0.717) is 5.92 Å². The summed E-state index contributed by atoms with van der Waals surface area (Å²) in [5.74, 6) is 0.666. The van der Waals surface area contributed by atoms with Gasteiger partial charge in [-0.3, -0.25) is 4.90 Å². The third-order valence-corrected chi connectivity index (χ3v) is 2.91. The zero-order chi connectivity index (χ0) is 13.4. The standard InChI is InChI=1S/C15H26N2O/c1-13(2)10-17(9-3-8-16)11-14-4-6-15(12-18)7-5-14/h4-7,13,18H,3,8-12,16H2,1-2H3. The van der Waals surface area contributed by atoms with Gasteiger partial charge in [-0.15, -0.1) is 0 Å². The van der Waals surface area contributed by atoms with Crippen LogP contribution in [-0.2, 0) is 13.2 Å². The van der Waals surface area contributed by atoms with Gasteiger partial charge in [-0.2, -0.15) is 0 Å². The fraction of sp³-hybridized carbons (Fsp3) is 0.600. The maximum atomic E-state index is 9.02. The van der Waals surface area contributed by atoms with E-state index in [9.17, 15) is 0 Å². The van der Waals surface area contributed by atoms with Crippen LogP contribution in [0.3, 0.4) is 0 Å². The zero-order valence-electron chi connectivity index (χ0n) is 11.6. The van der Waals surface area contributed by atoms with Gasteiger partial charge < -0.3 is 10.8 Å². The second-order valence-electron chi connectivity index (χ2n) is 5.25. The molecule has 0 aliphatic carbocycles. The first-order valence-electron chi connectivity index (χ1n) is 6.76. The summed E-state index contributed by atoms with van der Waals surface area (Å²) in [6.45, 7) is 8.46. The third-order valence-electron chi connectivity index (χ3n) is 2.91. The number of benzene rings is 1. The summed E-state index contributed by atoms with van der Waals surface area (Å²) in [5, 5.41) is 9.02. The van der Waals surface area contributed by atoms with Crippen molar-refractivity contribution in [2.24, 2.45) is 11.7 Å². The van der Waals surface area contributed by atoms with Gasteiger partial charge >= 0.3 is 0 Å². The SMILES string of the molecule is CC(C)CN(CCCN)Cc1ccc(CO)cc1. The van der Waals surface area contributed by atoms with Gasteiger partial charge in [-0.25, -0.2) is 0 Å². The molecule has 18 heavy (non-hydrogen) atoms. The van der Waals surface area contributed by atoms with Crippen molar-refractivity contribution in [2.45, 2.75) is 33.4 Å².